The fraction of sp³-hybridized carbons (Fsp3) is 0.481. The van der Waals surface area contributed by atoms with E-state index in [-0.39, 0.29) is 18.4 Å². The quantitative estimate of drug-likeness (QED) is 0.129. The van der Waals surface area contributed by atoms with Gasteiger partial charge in [0.2, 0.25) is 0 Å². The minimum atomic E-state index is -0.548. The van der Waals surface area contributed by atoms with Gasteiger partial charge in [-0.15, -0.1) is 23.2 Å². The standard InChI is InChI=1S/C27H35ClN2O2.C23H28ClN.2CO2/c1-19-13-14-21-23(18-19)29(17-9-15-28)25(24(21)20-10-6-5-7-11-20)22-12-8-16-30(22)26(31)32-27(2,3)4;1-17-12-13-20-21(16-17)25(15-7-14-24)23(19-10-5-6-11-19)22(20)18-8-3-2-4-9-18;2*2-1-3/h8,12-14,16,18,20H,5-7,9-11,15,17H2,1-4H3;5-6,10,12-13,16,18H,2-4,7-9,11,14-15H2,1H3;;. The van der Waals surface area contributed by atoms with Crippen molar-refractivity contribution in [2.45, 2.75) is 149 Å². The molecule has 336 valence electrons. The van der Waals surface area contributed by atoms with Crippen LogP contribution < -0.4 is 0 Å². The Labute approximate surface area is 382 Å². The monoisotopic (exact) mass is 895 g/mol. The summed E-state index contributed by atoms with van der Waals surface area (Å²) >= 11 is 12.2. The molecule has 0 radical (unpaired) electrons. The molecule has 8 rings (SSSR count). The summed E-state index contributed by atoms with van der Waals surface area (Å²) in [5, 5.41) is 2.79. The van der Waals surface area contributed by atoms with Crippen LogP contribution in [0.15, 0.2) is 73.0 Å². The molecule has 3 heterocycles. The Morgan fingerprint density at radius 3 is 1.63 bits per heavy atom. The van der Waals surface area contributed by atoms with Gasteiger partial charge in [0.15, 0.2) is 0 Å². The van der Waals surface area contributed by atoms with Crippen LogP contribution in [0.4, 0.5) is 4.79 Å². The molecule has 0 N–H and O–H groups in total. The summed E-state index contributed by atoms with van der Waals surface area (Å²) in [6.07, 6.45) is 24.9. The second kappa shape index (κ2) is 23.7. The van der Waals surface area contributed by atoms with Gasteiger partial charge in [0, 0.05) is 58.5 Å². The second-order valence-electron chi connectivity index (χ2n) is 17.9. The Morgan fingerprint density at radius 1 is 0.714 bits per heavy atom. The van der Waals surface area contributed by atoms with Gasteiger partial charge >= 0.3 is 18.4 Å². The lowest BCUT2D eigenvalue weighted by Gasteiger charge is -2.25. The number of rotatable bonds is 10. The number of allylic oxidation sites excluding steroid dienone is 4. The first kappa shape index (κ1) is 49.1. The van der Waals surface area contributed by atoms with E-state index in [2.05, 4.69) is 83.7 Å². The molecule has 0 unspecified atom stereocenters. The van der Waals surface area contributed by atoms with Gasteiger partial charge in [0.1, 0.15) is 5.60 Å². The van der Waals surface area contributed by atoms with Gasteiger partial charge in [-0.2, -0.15) is 19.2 Å². The maximum atomic E-state index is 13.1. The number of nitrogens with zero attached hydrogens (tertiary/aromatic N) is 3. The van der Waals surface area contributed by atoms with E-state index < -0.39 is 5.60 Å². The highest BCUT2D eigenvalue weighted by atomic mass is 35.5. The van der Waals surface area contributed by atoms with Crippen molar-refractivity contribution in [3.63, 3.8) is 0 Å². The molecule has 0 spiro atoms. The number of hydrogen-bond acceptors (Lipinski definition) is 6. The molecule has 0 atom stereocenters. The summed E-state index contributed by atoms with van der Waals surface area (Å²) in [5.41, 5.74) is 12.7. The van der Waals surface area contributed by atoms with Crippen molar-refractivity contribution in [3.05, 3.63) is 101 Å². The number of fused-ring (bicyclic) bond motifs is 2. The third-order valence-corrected chi connectivity index (χ3v) is 12.8. The number of halogens is 2. The topological polar surface area (TPSA) is 109 Å². The zero-order valence-electron chi connectivity index (χ0n) is 37.7. The van der Waals surface area contributed by atoms with Crippen molar-refractivity contribution in [2.75, 3.05) is 11.8 Å². The molecular weight excluding hydrogens is 833 g/mol. The van der Waals surface area contributed by atoms with Crippen molar-refractivity contribution in [3.8, 4) is 11.4 Å². The van der Waals surface area contributed by atoms with Crippen molar-refractivity contribution in [2.24, 2.45) is 0 Å². The van der Waals surface area contributed by atoms with Crippen LogP contribution in [0.3, 0.4) is 0 Å². The molecule has 9 nitrogen and oxygen atoms in total. The largest absolute Gasteiger partial charge is 0.443 e. The van der Waals surface area contributed by atoms with Crippen LogP contribution >= 0.6 is 23.2 Å². The number of carbonyl (C=O) groups excluding carboxylic acids is 5. The van der Waals surface area contributed by atoms with Gasteiger partial charge in [0.05, 0.1) is 11.4 Å². The van der Waals surface area contributed by atoms with Gasteiger partial charge in [-0.05, 0) is 143 Å². The minimum absolute atomic E-state index is 0.250. The Balaban J connectivity index is 0.000000216. The summed E-state index contributed by atoms with van der Waals surface area (Å²) in [6, 6.07) is 17.8. The lowest BCUT2D eigenvalue weighted by Crippen LogP contribution is -2.27. The molecular formula is C52H63Cl2N3O6. The summed E-state index contributed by atoms with van der Waals surface area (Å²) in [5.74, 6) is 2.55. The first-order chi connectivity index (χ1) is 30.4. The minimum Gasteiger partial charge on any atom is -0.443 e. The van der Waals surface area contributed by atoms with Gasteiger partial charge < -0.3 is 13.9 Å². The van der Waals surface area contributed by atoms with E-state index >= 15 is 0 Å². The van der Waals surface area contributed by atoms with Gasteiger partial charge in [-0.1, -0.05) is 81.0 Å². The van der Waals surface area contributed by atoms with Crippen LogP contribution in [-0.2, 0) is 37.0 Å². The summed E-state index contributed by atoms with van der Waals surface area (Å²) in [6.45, 7) is 11.9. The number of hydrogen-bond donors (Lipinski definition) is 0. The molecule has 0 saturated heterocycles. The molecule has 63 heavy (non-hydrogen) atoms. The Morgan fingerprint density at radius 2 is 1.19 bits per heavy atom. The molecule has 5 aromatic rings. The Bertz CT molecular complexity index is 2430. The summed E-state index contributed by atoms with van der Waals surface area (Å²) < 4.78 is 12.4. The molecule has 0 amide bonds. The Hall–Kier alpha value is -4.91. The van der Waals surface area contributed by atoms with Crippen LogP contribution in [0.25, 0.3) is 38.8 Å². The average molecular weight is 897 g/mol. The highest BCUT2D eigenvalue weighted by Gasteiger charge is 2.30. The normalized spacial score (nSPS) is 15.3. The molecule has 11 heteroatoms. The molecule has 2 aromatic carbocycles. The maximum absolute atomic E-state index is 13.1. The summed E-state index contributed by atoms with van der Waals surface area (Å²) in [7, 11) is 0. The third-order valence-electron chi connectivity index (χ3n) is 12.2. The predicted octanol–water partition coefficient (Wildman–Crippen LogP) is 13.7. The number of carbonyl (C=O) groups is 1. The molecule has 0 aliphatic heterocycles. The van der Waals surface area contributed by atoms with E-state index in [1.807, 2.05) is 33.0 Å². The van der Waals surface area contributed by atoms with Gasteiger partial charge in [-0.3, -0.25) is 4.57 Å². The molecule has 3 aromatic heterocycles. The highest BCUT2D eigenvalue weighted by Crippen LogP contribution is 2.46. The van der Waals surface area contributed by atoms with Gasteiger partial charge in [-0.25, -0.2) is 4.79 Å². The predicted molar refractivity (Wildman–Crippen MR) is 252 cm³/mol. The van der Waals surface area contributed by atoms with E-state index in [1.165, 1.54) is 114 Å². The molecule has 3 aliphatic carbocycles. The zero-order valence-corrected chi connectivity index (χ0v) is 39.2. The van der Waals surface area contributed by atoms with Crippen molar-refractivity contribution in [1.82, 2.24) is 13.7 Å². The number of benzene rings is 2. The van der Waals surface area contributed by atoms with Crippen LogP contribution in [0.2, 0.25) is 0 Å². The zero-order chi connectivity index (χ0) is 45.5. The van der Waals surface area contributed by atoms with Crippen LogP contribution in [0.1, 0.15) is 144 Å². The Kier molecular flexibility index (Phi) is 18.5. The average Bonchev–Trinajstić information content (AvgIpc) is 4.08. The van der Waals surface area contributed by atoms with E-state index in [0.717, 1.165) is 49.6 Å². The molecule has 2 fully saturated rings. The molecule has 2 saturated carbocycles. The first-order valence-corrected chi connectivity index (χ1v) is 23.6. The van der Waals surface area contributed by atoms with Crippen molar-refractivity contribution >= 4 is 69.0 Å². The van der Waals surface area contributed by atoms with Crippen LogP contribution in [0, 0.1) is 13.8 Å². The highest BCUT2D eigenvalue weighted by molar-refractivity contribution is 6.18. The van der Waals surface area contributed by atoms with Crippen LogP contribution in [-0.4, -0.2) is 49.5 Å². The molecule has 3 aliphatic rings. The van der Waals surface area contributed by atoms with E-state index in [0.29, 0.717) is 17.7 Å². The van der Waals surface area contributed by atoms with Crippen LogP contribution in [0.5, 0.6) is 0 Å². The SMILES string of the molecule is Cc1ccc2c(C3CCCCC3)c(-c3cccn3C(=O)OC(C)(C)C)n(CCCCl)c2c1.Cc1ccc2c(C3CCCCC3)c(C3=CC=CC3)n(CCCCl)c2c1.O=C=O.O=C=O. The number of ether oxygens (including phenoxy) is 1. The number of alkyl halides is 2. The van der Waals surface area contributed by atoms with E-state index in [9.17, 15) is 4.79 Å². The van der Waals surface area contributed by atoms with Crippen molar-refractivity contribution < 1.29 is 28.7 Å². The fourth-order valence-electron chi connectivity index (χ4n) is 9.77. The third kappa shape index (κ3) is 12.2. The first-order valence-electron chi connectivity index (χ1n) is 22.6. The maximum Gasteiger partial charge on any atom is 0.419 e. The van der Waals surface area contributed by atoms with E-state index in [1.54, 1.807) is 10.1 Å². The van der Waals surface area contributed by atoms with E-state index in [4.69, 9.17) is 47.1 Å². The van der Waals surface area contributed by atoms with Crippen molar-refractivity contribution in [1.29, 1.82) is 0 Å². The summed E-state index contributed by atoms with van der Waals surface area (Å²) in [4.78, 5) is 45.6. The molecule has 0 bridgehead atoms. The number of aryl methyl sites for hydroxylation is 4. The second-order valence-corrected chi connectivity index (χ2v) is 18.6. The fourth-order valence-corrected chi connectivity index (χ4v) is 10.0. The smallest absolute Gasteiger partial charge is 0.419 e. The number of aromatic nitrogens is 3. The lowest BCUT2D eigenvalue weighted by molar-refractivity contribution is -0.193. The lowest BCUT2D eigenvalue weighted by atomic mass is 9.81. The van der Waals surface area contributed by atoms with Gasteiger partial charge in [0.25, 0.3) is 0 Å².